The van der Waals surface area contributed by atoms with Crippen molar-refractivity contribution in [1.82, 2.24) is 14.8 Å². The zero-order chi connectivity index (χ0) is 20.4. The average Bonchev–Trinajstić information content (AvgIpc) is 3.06. The Morgan fingerprint density at radius 3 is 2.55 bits per heavy atom. The number of carbonyl (C=O) groups is 1. The normalized spacial score (nSPS) is 10.9. The average molecular weight is 386 g/mol. The number of aromatic nitrogens is 3. The predicted molar refractivity (Wildman–Crippen MR) is 114 cm³/mol. The van der Waals surface area contributed by atoms with E-state index in [9.17, 15) is 4.79 Å². The second-order valence-corrected chi connectivity index (χ2v) is 6.73. The van der Waals surface area contributed by atoms with Gasteiger partial charge in [-0.15, -0.1) is 0 Å². The minimum absolute atomic E-state index is 0.219. The van der Waals surface area contributed by atoms with Crippen LogP contribution in [0.2, 0.25) is 0 Å². The highest BCUT2D eigenvalue weighted by molar-refractivity contribution is 6.13. The lowest BCUT2D eigenvalue weighted by Gasteiger charge is -2.12. The van der Waals surface area contributed by atoms with Gasteiger partial charge < -0.3 is 10.1 Å². The maximum atomic E-state index is 13.2. The summed E-state index contributed by atoms with van der Waals surface area (Å²) in [6.45, 7) is 6.20. The molecule has 0 aliphatic carbocycles. The minimum atomic E-state index is -0.219. The lowest BCUT2D eigenvalue weighted by atomic mass is 10.1. The maximum absolute atomic E-state index is 13.2. The molecule has 2 aromatic carbocycles. The van der Waals surface area contributed by atoms with Crippen LogP contribution in [0, 0.1) is 13.8 Å². The second-order valence-electron chi connectivity index (χ2n) is 6.73. The molecule has 6 nitrogen and oxygen atoms in total. The van der Waals surface area contributed by atoms with Gasteiger partial charge in [0.15, 0.2) is 5.65 Å². The van der Waals surface area contributed by atoms with E-state index < -0.39 is 0 Å². The first-order valence-electron chi connectivity index (χ1n) is 9.54. The molecule has 0 spiro atoms. The summed E-state index contributed by atoms with van der Waals surface area (Å²) in [5.74, 6) is 0.422. The van der Waals surface area contributed by atoms with Crippen LogP contribution in [0.25, 0.3) is 16.7 Å². The molecule has 0 atom stereocenters. The van der Waals surface area contributed by atoms with Crippen molar-refractivity contribution < 1.29 is 9.53 Å². The lowest BCUT2D eigenvalue weighted by Crippen LogP contribution is -2.14. The molecule has 2 aromatic heterocycles. The molecule has 4 aromatic rings. The Morgan fingerprint density at radius 2 is 1.79 bits per heavy atom. The van der Waals surface area contributed by atoms with Crippen LogP contribution in [0.3, 0.4) is 0 Å². The van der Waals surface area contributed by atoms with Gasteiger partial charge in [0.25, 0.3) is 5.91 Å². The van der Waals surface area contributed by atoms with Gasteiger partial charge in [0.05, 0.1) is 34.6 Å². The van der Waals surface area contributed by atoms with Crippen LogP contribution in [-0.2, 0) is 0 Å². The molecule has 0 aliphatic heterocycles. The Balaban J connectivity index is 1.81. The van der Waals surface area contributed by atoms with Crippen molar-refractivity contribution in [2.75, 3.05) is 11.9 Å². The fourth-order valence-corrected chi connectivity index (χ4v) is 3.38. The first-order valence-corrected chi connectivity index (χ1v) is 9.54. The van der Waals surface area contributed by atoms with E-state index in [1.54, 1.807) is 10.7 Å². The van der Waals surface area contributed by atoms with Gasteiger partial charge >= 0.3 is 0 Å². The first kappa shape index (κ1) is 18.7. The molecule has 146 valence electrons. The van der Waals surface area contributed by atoms with Crippen LogP contribution < -0.4 is 10.1 Å². The Labute approximate surface area is 169 Å². The third-order valence-electron chi connectivity index (χ3n) is 4.62. The number of hydrogen-bond acceptors (Lipinski definition) is 4. The van der Waals surface area contributed by atoms with Crippen LogP contribution in [0.1, 0.15) is 28.7 Å². The predicted octanol–water partition coefficient (Wildman–Crippen LogP) is 4.69. The molecular weight excluding hydrogens is 364 g/mol. The molecule has 0 saturated heterocycles. The van der Waals surface area contributed by atoms with Gasteiger partial charge in [-0.05, 0) is 51.1 Å². The Kier molecular flexibility index (Phi) is 4.99. The number of benzene rings is 2. The Hall–Kier alpha value is -3.67. The van der Waals surface area contributed by atoms with Gasteiger partial charge in [-0.2, -0.15) is 5.10 Å². The fourth-order valence-electron chi connectivity index (χ4n) is 3.38. The number of rotatable bonds is 5. The molecule has 29 heavy (non-hydrogen) atoms. The van der Waals surface area contributed by atoms with E-state index in [2.05, 4.69) is 15.4 Å². The van der Waals surface area contributed by atoms with Crippen LogP contribution in [0.15, 0.2) is 60.7 Å². The molecule has 0 aliphatic rings. The van der Waals surface area contributed by atoms with E-state index in [4.69, 9.17) is 4.74 Å². The van der Waals surface area contributed by atoms with Gasteiger partial charge in [0, 0.05) is 5.69 Å². The van der Waals surface area contributed by atoms with Gasteiger partial charge in [-0.3, -0.25) is 4.79 Å². The van der Waals surface area contributed by atoms with Crippen molar-refractivity contribution in [3.05, 3.63) is 77.6 Å². The van der Waals surface area contributed by atoms with Crippen molar-refractivity contribution in [3.63, 3.8) is 0 Å². The molecule has 0 radical (unpaired) electrons. The molecular formula is C23H22N4O2. The molecule has 4 rings (SSSR count). The van der Waals surface area contributed by atoms with Crippen molar-refractivity contribution in [3.8, 4) is 11.4 Å². The zero-order valence-corrected chi connectivity index (χ0v) is 16.6. The number of nitrogens with zero attached hydrogens (tertiary/aromatic N) is 3. The van der Waals surface area contributed by atoms with Crippen LogP contribution in [-0.4, -0.2) is 27.3 Å². The quantitative estimate of drug-likeness (QED) is 0.540. The third kappa shape index (κ3) is 3.57. The minimum Gasteiger partial charge on any atom is -0.492 e. The summed E-state index contributed by atoms with van der Waals surface area (Å²) in [4.78, 5) is 17.9. The van der Waals surface area contributed by atoms with Gasteiger partial charge in [-0.1, -0.05) is 30.3 Å². The Bertz CT molecular complexity index is 1180. The Morgan fingerprint density at radius 1 is 1.07 bits per heavy atom. The summed E-state index contributed by atoms with van der Waals surface area (Å²) in [6, 6.07) is 19.0. The molecule has 0 saturated carbocycles. The molecule has 0 unspecified atom stereocenters. The van der Waals surface area contributed by atoms with Gasteiger partial charge in [0.2, 0.25) is 0 Å². The highest BCUT2D eigenvalue weighted by Gasteiger charge is 2.20. The highest BCUT2D eigenvalue weighted by atomic mass is 16.5. The number of para-hydroxylation sites is 3. The third-order valence-corrected chi connectivity index (χ3v) is 4.62. The second kappa shape index (κ2) is 7.75. The molecule has 2 heterocycles. The molecule has 1 amide bonds. The number of aryl methyl sites for hydroxylation is 2. The fraction of sp³-hybridized carbons (Fsp3) is 0.174. The number of nitrogens with one attached hydrogen (secondary N) is 1. The summed E-state index contributed by atoms with van der Waals surface area (Å²) in [7, 11) is 0. The zero-order valence-electron chi connectivity index (χ0n) is 16.6. The topological polar surface area (TPSA) is 69.0 Å². The maximum Gasteiger partial charge on any atom is 0.256 e. The number of pyridine rings is 1. The molecule has 1 N–H and O–H groups in total. The van der Waals surface area contributed by atoms with E-state index in [0.29, 0.717) is 29.3 Å². The number of anilines is 1. The highest BCUT2D eigenvalue weighted by Crippen LogP contribution is 2.28. The van der Waals surface area contributed by atoms with E-state index in [1.807, 2.05) is 75.4 Å². The van der Waals surface area contributed by atoms with Gasteiger partial charge in [-0.25, -0.2) is 9.67 Å². The van der Waals surface area contributed by atoms with Crippen LogP contribution in [0.5, 0.6) is 5.75 Å². The number of hydrogen-bond donors (Lipinski definition) is 1. The summed E-state index contributed by atoms with van der Waals surface area (Å²) in [6.07, 6.45) is 0. The summed E-state index contributed by atoms with van der Waals surface area (Å²) in [5, 5.41) is 8.37. The number of fused-ring (bicyclic) bond motifs is 1. The van der Waals surface area contributed by atoms with E-state index in [-0.39, 0.29) is 5.91 Å². The SMILES string of the molecule is CCOc1ccccc1NC(=O)c1cc(C)nc2c1c(C)nn2-c1ccccc1. The van der Waals surface area contributed by atoms with Crippen molar-refractivity contribution in [1.29, 1.82) is 0 Å². The smallest absolute Gasteiger partial charge is 0.256 e. The number of amides is 1. The standard InChI is InChI=1S/C23H22N4O2/c1-4-29-20-13-9-8-12-19(20)25-23(28)18-14-15(2)24-22-21(18)16(3)26-27(22)17-10-6-5-7-11-17/h5-14H,4H2,1-3H3,(H,25,28). The van der Waals surface area contributed by atoms with Crippen molar-refractivity contribution in [2.45, 2.75) is 20.8 Å². The van der Waals surface area contributed by atoms with Crippen molar-refractivity contribution in [2.24, 2.45) is 0 Å². The van der Waals surface area contributed by atoms with Crippen LogP contribution in [0.4, 0.5) is 5.69 Å². The largest absolute Gasteiger partial charge is 0.492 e. The number of carbonyl (C=O) groups excluding carboxylic acids is 1. The first-order chi connectivity index (χ1) is 14.1. The van der Waals surface area contributed by atoms with E-state index in [0.717, 1.165) is 22.5 Å². The molecule has 6 heteroatoms. The van der Waals surface area contributed by atoms with Crippen LogP contribution >= 0.6 is 0 Å². The molecule has 0 bridgehead atoms. The van der Waals surface area contributed by atoms with E-state index in [1.165, 1.54) is 0 Å². The lowest BCUT2D eigenvalue weighted by molar-refractivity contribution is 0.102. The molecule has 0 fully saturated rings. The number of ether oxygens (including phenoxy) is 1. The van der Waals surface area contributed by atoms with Gasteiger partial charge in [0.1, 0.15) is 5.75 Å². The summed E-state index contributed by atoms with van der Waals surface area (Å²) in [5.41, 5.74) is 4.24. The van der Waals surface area contributed by atoms with E-state index >= 15 is 0 Å². The monoisotopic (exact) mass is 386 g/mol. The van der Waals surface area contributed by atoms with Crippen molar-refractivity contribution >= 4 is 22.6 Å². The summed E-state index contributed by atoms with van der Waals surface area (Å²) >= 11 is 0. The summed E-state index contributed by atoms with van der Waals surface area (Å²) < 4.78 is 7.41.